The average Bonchev–Trinajstić information content (AvgIpc) is 1.81. The Morgan fingerprint density at radius 1 is 0.602 bits per heavy atom. The second kappa shape index (κ2) is 22.9. The molecule has 10 rings (SSSR count). The molecule has 7 aromatic carbocycles. The van der Waals surface area contributed by atoms with Crippen molar-refractivity contribution in [2.24, 2.45) is 5.41 Å². The number of nitrogens with zero attached hydrogens (tertiary/aromatic N) is 3. The van der Waals surface area contributed by atoms with Gasteiger partial charge in [0.15, 0.2) is 0 Å². The number of halogens is 8. The van der Waals surface area contributed by atoms with Crippen molar-refractivity contribution in [3.63, 3.8) is 0 Å². The fraction of sp³-hybridized carbons (Fsp3) is 0.314. The zero-order valence-corrected chi connectivity index (χ0v) is 51.0. The summed E-state index contributed by atoms with van der Waals surface area (Å²) in [7, 11) is 0. The molecule has 0 saturated carbocycles. The maximum Gasteiger partial charge on any atom is 0.435 e. The molecule has 10 aromatic rings. The molecule has 3 heterocycles. The molecule has 13 heteroatoms. The van der Waals surface area contributed by atoms with Gasteiger partial charge in [-0.05, 0) is 121 Å². The number of pyridine rings is 1. The predicted octanol–water partition coefficient (Wildman–Crippen LogP) is 21.1. The van der Waals surface area contributed by atoms with Crippen molar-refractivity contribution in [3.8, 4) is 50.6 Å². The molecule has 4 nitrogen and oxygen atoms in total. The molecule has 0 unspecified atom stereocenters. The van der Waals surface area contributed by atoms with Gasteiger partial charge in [0.25, 0.3) is 0 Å². The zero-order chi connectivity index (χ0) is 61.4. The first kappa shape index (κ1) is 59.2. The van der Waals surface area contributed by atoms with Crippen LogP contribution in [0.3, 0.4) is 0 Å². The number of hydrogen-bond acceptors (Lipinski definition) is 3. The molecule has 0 aliphatic rings. The summed E-state index contributed by atoms with van der Waals surface area (Å²) in [6, 6.07) is 45.4. The molecule has 435 valence electrons. The molecule has 83 heavy (non-hydrogen) atoms. The Hall–Kier alpha value is -6.95. The molecule has 0 N–H and O–H groups in total. The van der Waals surface area contributed by atoms with Crippen molar-refractivity contribution in [3.05, 3.63) is 197 Å². The number of furan rings is 1. The van der Waals surface area contributed by atoms with E-state index in [0.29, 0.717) is 57.1 Å². The quantitative estimate of drug-likeness (QED) is 0.107. The smallest absolute Gasteiger partial charge is 0.435 e. The third-order valence-corrected chi connectivity index (χ3v) is 14.6. The summed E-state index contributed by atoms with van der Waals surface area (Å²) < 4.78 is 134. The molecule has 0 aliphatic carbocycles. The number of hydrogen-bond donors (Lipinski definition) is 0. The minimum absolute atomic E-state index is 0. The van der Waals surface area contributed by atoms with Crippen LogP contribution in [-0.4, -0.2) is 26.9 Å². The minimum atomic E-state index is -6.21. The van der Waals surface area contributed by atoms with Crippen LogP contribution >= 0.6 is 0 Å². The first-order chi connectivity index (χ1) is 39.0. The number of alkyl halides is 7. The summed E-state index contributed by atoms with van der Waals surface area (Å²) in [4.78, 5) is 9.46. The summed E-state index contributed by atoms with van der Waals surface area (Å²) in [5.41, 5.74) is 6.18. The van der Waals surface area contributed by atoms with Gasteiger partial charge in [0.05, 0.1) is 22.4 Å². The number of para-hydroxylation sites is 2. The van der Waals surface area contributed by atoms with Crippen LogP contribution in [0.25, 0.3) is 83.6 Å². The van der Waals surface area contributed by atoms with Crippen molar-refractivity contribution in [1.82, 2.24) is 14.5 Å². The first-order valence-electron chi connectivity index (χ1n) is 28.3. The standard InChI is InChI=1S/C54H50F7N2O.C16H17FN.Ir/c1-30(2)42-26-35(34-24-37(50(5,6)7)29-38(25-34)51(8,9)10)27-43(31(3)4)47(42)63-45-17-12-11-16-44(45)62-49(63)41-15-13-14-40-39-23-20-33(28-46(39)64-48(40)41)32-18-21-36(22-19-32)52(55,53(56,57)58)54(59,60)61;1-16(2,3)11-12-8-9-18-15(10-12)13-4-6-14(17)7-5-13;/h11-14,16-31H,1-10H3;4,6-10H,11H2,1-3H3;/q2*-1;/i;11D2;. The van der Waals surface area contributed by atoms with E-state index in [9.17, 15) is 35.1 Å². The van der Waals surface area contributed by atoms with E-state index in [1.54, 1.807) is 42.6 Å². The zero-order valence-electron chi connectivity index (χ0n) is 50.6. The number of fused-ring (bicyclic) bond motifs is 4. The van der Waals surface area contributed by atoms with Crippen LogP contribution in [0, 0.1) is 23.4 Å². The molecule has 3 aromatic heterocycles. The molecule has 0 saturated heterocycles. The van der Waals surface area contributed by atoms with Crippen molar-refractivity contribution in [2.45, 2.75) is 137 Å². The second-order valence-electron chi connectivity index (χ2n) is 24.7. The first-order valence-corrected chi connectivity index (χ1v) is 27.3. The summed E-state index contributed by atoms with van der Waals surface area (Å²) in [6.07, 6.45) is -12.3. The van der Waals surface area contributed by atoms with Crippen molar-refractivity contribution in [1.29, 1.82) is 0 Å². The van der Waals surface area contributed by atoms with Crippen LogP contribution in [-0.2, 0) is 43.0 Å². The molecule has 0 bridgehead atoms. The SMILES string of the molecule is CC(C)c1cc(-c2cc(C(C)(C)C)cc(C(C)(C)C)c2)cc(C(C)C)c1-n1c(-c2[c-]ccc3c2oc2cc(-c4ccc(C(F)(C(F)(F)F)C(F)(F)F)cc4)ccc23)nc2ccccc21.[2H]C([2H])(c1ccnc(-c2[c-]cc(F)cc2)c1)C(C)(C)C.[Ir]. The van der Waals surface area contributed by atoms with E-state index in [0.717, 1.165) is 61.9 Å². The Morgan fingerprint density at radius 3 is 1.75 bits per heavy atom. The summed E-state index contributed by atoms with van der Waals surface area (Å²) in [6.45, 7) is 27.9. The molecule has 0 amide bonds. The Morgan fingerprint density at radius 2 is 1.19 bits per heavy atom. The maximum absolute atomic E-state index is 14.8. The van der Waals surface area contributed by atoms with Crippen LogP contribution in [0.5, 0.6) is 0 Å². The Labute approximate surface area is 497 Å². The summed E-state index contributed by atoms with van der Waals surface area (Å²) >= 11 is 0. The van der Waals surface area contributed by atoms with E-state index in [1.807, 2.05) is 51.1 Å². The van der Waals surface area contributed by atoms with Gasteiger partial charge in [-0.15, -0.1) is 48.0 Å². The molecular formula is C70H67F8IrN3O-2. The van der Waals surface area contributed by atoms with Gasteiger partial charge in [-0.1, -0.05) is 179 Å². The van der Waals surface area contributed by atoms with Gasteiger partial charge in [-0.2, -0.15) is 26.3 Å². The fourth-order valence-corrected chi connectivity index (χ4v) is 10.2. The van der Waals surface area contributed by atoms with E-state index >= 15 is 0 Å². The molecule has 0 atom stereocenters. The van der Waals surface area contributed by atoms with Crippen molar-refractivity contribution >= 4 is 33.0 Å². The molecule has 0 fully saturated rings. The number of rotatable bonds is 9. The predicted molar refractivity (Wildman–Crippen MR) is 316 cm³/mol. The maximum atomic E-state index is 14.8. The third-order valence-electron chi connectivity index (χ3n) is 14.6. The van der Waals surface area contributed by atoms with Gasteiger partial charge in [0, 0.05) is 51.5 Å². The largest absolute Gasteiger partial charge is 0.501 e. The average molecular weight is 1310 g/mol. The van der Waals surface area contributed by atoms with Crippen LogP contribution < -0.4 is 0 Å². The summed E-state index contributed by atoms with van der Waals surface area (Å²) in [5.74, 6) is 0.481. The number of benzene rings is 7. The van der Waals surface area contributed by atoms with Crippen molar-refractivity contribution in [2.75, 3.05) is 0 Å². The van der Waals surface area contributed by atoms with E-state index in [-0.39, 0.29) is 54.2 Å². The van der Waals surface area contributed by atoms with E-state index < -0.39 is 35.4 Å². The van der Waals surface area contributed by atoms with Crippen LogP contribution in [0.15, 0.2) is 150 Å². The van der Waals surface area contributed by atoms with Crippen LogP contribution in [0.1, 0.15) is 138 Å². The number of imidazole rings is 1. The van der Waals surface area contributed by atoms with Crippen LogP contribution in [0.4, 0.5) is 35.1 Å². The van der Waals surface area contributed by atoms with E-state index in [4.69, 9.17) is 12.1 Å². The molecule has 0 aliphatic heterocycles. The molecule has 0 spiro atoms. The topological polar surface area (TPSA) is 43.9 Å². The molecular weight excluding hydrogens is 1240 g/mol. The van der Waals surface area contributed by atoms with Gasteiger partial charge >= 0.3 is 18.0 Å². The number of aromatic nitrogens is 3. The Balaban J connectivity index is 0.000000379. The monoisotopic (exact) mass is 1310 g/mol. The van der Waals surface area contributed by atoms with E-state index in [2.05, 4.69) is 127 Å². The van der Waals surface area contributed by atoms with E-state index in [1.165, 1.54) is 23.3 Å². The fourth-order valence-electron chi connectivity index (χ4n) is 10.2. The van der Waals surface area contributed by atoms with Gasteiger partial charge in [0.1, 0.15) is 5.58 Å². The normalized spacial score (nSPS) is 13.3. The van der Waals surface area contributed by atoms with Gasteiger partial charge in [0.2, 0.25) is 0 Å². The molecule has 1 radical (unpaired) electrons. The van der Waals surface area contributed by atoms with Gasteiger partial charge in [-0.25, -0.2) is 4.39 Å². The van der Waals surface area contributed by atoms with Gasteiger partial charge < -0.3 is 14.0 Å². The van der Waals surface area contributed by atoms with Crippen LogP contribution in [0.2, 0.25) is 0 Å². The minimum Gasteiger partial charge on any atom is -0.501 e. The Bertz CT molecular complexity index is 3990. The van der Waals surface area contributed by atoms with Crippen molar-refractivity contribution < 1.29 is 62.4 Å². The Kier molecular flexibility index (Phi) is 16.3. The summed E-state index contributed by atoms with van der Waals surface area (Å²) in [5, 5.41) is 1.49. The van der Waals surface area contributed by atoms with Gasteiger partial charge in [-0.3, -0.25) is 9.37 Å². The second-order valence-corrected chi connectivity index (χ2v) is 24.7. The third kappa shape index (κ3) is 12.6.